The first kappa shape index (κ1) is 25.9. The Morgan fingerprint density at radius 1 is 1.00 bits per heavy atom. The molecule has 4 aromatic rings. The molecule has 0 atom stereocenters. The maximum atomic E-state index is 12.7. The molecule has 0 unspecified atom stereocenters. The number of benzene rings is 3. The van der Waals surface area contributed by atoms with Gasteiger partial charge in [0, 0.05) is 11.6 Å². The molecule has 180 valence electrons. The minimum atomic E-state index is -0.500. The van der Waals surface area contributed by atoms with Crippen molar-refractivity contribution >= 4 is 46.9 Å². The minimum Gasteiger partial charge on any atom is -0.489 e. The van der Waals surface area contributed by atoms with Crippen LogP contribution in [0.3, 0.4) is 0 Å². The summed E-state index contributed by atoms with van der Waals surface area (Å²) in [4.78, 5) is 28.5. The van der Waals surface area contributed by atoms with Crippen molar-refractivity contribution in [2.45, 2.75) is 6.61 Å². The lowest BCUT2D eigenvalue weighted by molar-refractivity contribution is -0.112. The van der Waals surface area contributed by atoms with Crippen molar-refractivity contribution in [3.63, 3.8) is 0 Å². The van der Waals surface area contributed by atoms with Gasteiger partial charge < -0.3 is 14.8 Å². The Bertz CT molecular complexity index is 1440. The number of amides is 1. The fourth-order valence-corrected chi connectivity index (χ4v) is 3.40. The zero-order chi connectivity index (χ0) is 24.6. The number of esters is 1. The van der Waals surface area contributed by atoms with Crippen LogP contribution in [-0.4, -0.2) is 24.0 Å². The molecule has 0 spiro atoms. The molecule has 0 saturated heterocycles. The summed E-state index contributed by atoms with van der Waals surface area (Å²) in [6.45, 7) is 0.322. The third kappa shape index (κ3) is 6.26. The van der Waals surface area contributed by atoms with Crippen LogP contribution in [0.4, 0.5) is 5.69 Å². The molecule has 0 aliphatic heterocycles. The monoisotopic (exact) mass is 499 g/mol. The molecule has 1 amide bonds. The predicted octanol–water partition coefficient (Wildman–Crippen LogP) is 5.57. The summed E-state index contributed by atoms with van der Waals surface area (Å²) in [5.41, 5.74) is 3.37. The van der Waals surface area contributed by atoms with Crippen LogP contribution in [0.15, 0.2) is 90.6 Å². The van der Waals surface area contributed by atoms with Crippen LogP contribution in [0.5, 0.6) is 5.75 Å². The maximum absolute atomic E-state index is 12.7. The number of rotatable bonds is 7. The SMILES string of the molecule is COC(=O)c1ccc(COc2ccc(C=C(C#N)C(=O)Nc3cccc4ncccc34)cc2)cc1.Cl. The maximum Gasteiger partial charge on any atom is 0.337 e. The van der Waals surface area contributed by atoms with E-state index in [1.165, 1.54) is 13.2 Å². The number of hydrogen-bond donors (Lipinski definition) is 1. The summed E-state index contributed by atoms with van der Waals surface area (Å²) < 4.78 is 10.5. The second-order valence-corrected chi connectivity index (χ2v) is 7.55. The van der Waals surface area contributed by atoms with Gasteiger partial charge >= 0.3 is 5.97 Å². The van der Waals surface area contributed by atoms with Crippen LogP contribution in [0.2, 0.25) is 0 Å². The van der Waals surface area contributed by atoms with Gasteiger partial charge in [-0.05, 0) is 65.7 Å². The lowest BCUT2D eigenvalue weighted by Gasteiger charge is -2.08. The van der Waals surface area contributed by atoms with Crippen LogP contribution in [0.25, 0.3) is 17.0 Å². The molecule has 1 heterocycles. The molecule has 8 heteroatoms. The van der Waals surface area contributed by atoms with Gasteiger partial charge in [-0.15, -0.1) is 12.4 Å². The Hall–Kier alpha value is -4.67. The van der Waals surface area contributed by atoms with E-state index in [-0.39, 0.29) is 23.9 Å². The molecule has 0 aliphatic rings. The molecule has 0 radical (unpaired) electrons. The van der Waals surface area contributed by atoms with Crippen molar-refractivity contribution in [2.75, 3.05) is 12.4 Å². The van der Waals surface area contributed by atoms with Crippen molar-refractivity contribution in [2.24, 2.45) is 0 Å². The summed E-state index contributed by atoms with van der Waals surface area (Å²) in [6, 6.07) is 25.1. The van der Waals surface area contributed by atoms with Crippen molar-refractivity contribution in [3.8, 4) is 11.8 Å². The molecule has 0 bridgehead atoms. The Morgan fingerprint density at radius 2 is 1.75 bits per heavy atom. The number of nitrogens with one attached hydrogen (secondary N) is 1. The van der Waals surface area contributed by atoms with Gasteiger partial charge in [-0.3, -0.25) is 9.78 Å². The second-order valence-electron chi connectivity index (χ2n) is 7.55. The second kappa shape index (κ2) is 12.2. The van der Waals surface area contributed by atoms with E-state index in [9.17, 15) is 14.9 Å². The fraction of sp³-hybridized carbons (Fsp3) is 0.0714. The Kier molecular flexibility index (Phi) is 8.76. The molecular formula is C28H22ClN3O4. The lowest BCUT2D eigenvalue weighted by atomic mass is 10.1. The van der Waals surface area contributed by atoms with E-state index in [1.807, 2.05) is 18.2 Å². The van der Waals surface area contributed by atoms with Gasteiger partial charge in [0.05, 0.1) is 23.9 Å². The van der Waals surface area contributed by atoms with E-state index in [4.69, 9.17) is 9.47 Å². The van der Waals surface area contributed by atoms with Crippen molar-refractivity contribution in [3.05, 3.63) is 107 Å². The van der Waals surface area contributed by atoms with Gasteiger partial charge in [-0.2, -0.15) is 5.26 Å². The average Bonchev–Trinajstić information content (AvgIpc) is 2.91. The zero-order valence-electron chi connectivity index (χ0n) is 19.3. The summed E-state index contributed by atoms with van der Waals surface area (Å²) in [6.07, 6.45) is 3.21. The fourth-order valence-electron chi connectivity index (χ4n) is 3.40. The lowest BCUT2D eigenvalue weighted by Crippen LogP contribution is -2.13. The number of carbonyl (C=O) groups is 2. The first-order valence-electron chi connectivity index (χ1n) is 10.7. The highest BCUT2D eigenvalue weighted by molar-refractivity contribution is 6.12. The number of methoxy groups -OCH3 is 1. The number of nitrogens with zero attached hydrogens (tertiary/aromatic N) is 2. The molecule has 0 fully saturated rings. The highest BCUT2D eigenvalue weighted by atomic mass is 35.5. The molecule has 7 nitrogen and oxygen atoms in total. The minimum absolute atomic E-state index is 0. The quantitative estimate of drug-likeness (QED) is 0.203. The van der Waals surface area contributed by atoms with Crippen LogP contribution < -0.4 is 10.1 Å². The Balaban J connectivity index is 0.00000361. The molecule has 1 N–H and O–H groups in total. The smallest absolute Gasteiger partial charge is 0.337 e. The number of aromatic nitrogens is 1. The van der Waals surface area contributed by atoms with Crippen molar-refractivity contribution in [1.29, 1.82) is 5.26 Å². The number of pyridine rings is 1. The highest BCUT2D eigenvalue weighted by Crippen LogP contribution is 2.22. The standard InChI is InChI=1S/C28H21N3O4.ClH/c1-34-28(33)21-11-7-20(8-12-21)18-35-23-13-9-19(10-14-23)16-22(17-29)27(32)31-26-6-2-5-25-24(26)4-3-15-30-25;/h2-16H,18H2,1H3,(H,31,32);1H. The molecule has 4 rings (SSSR count). The molecule has 3 aromatic carbocycles. The van der Waals surface area contributed by atoms with Crippen LogP contribution in [0, 0.1) is 11.3 Å². The van der Waals surface area contributed by atoms with E-state index in [0.717, 1.165) is 16.5 Å². The number of fused-ring (bicyclic) bond motifs is 1. The Morgan fingerprint density at radius 3 is 2.44 bits per heavy atom. The van der Waals surface area contributed by atoms with E-state index in [2.05, 4.69) is 10.3 Å². The normalized spacial score (nSPS) is 10.6. The Labute approximate surface area is 214 Å². The van der Waals surface area contributed by atoms with Crippen molar-refractivity contribution in [1.82, 2.24) is 4.98 Å². The number of carbonyl (C=O) groups excluding carboxylic acids is 2. The molecule has 0 saturated carbocycles. The molecule has 36 heavy (non-hydrogen) atoms. The van der Waals surface area contributed by atoms with Crippen LogP contribution in [0.1, 0.15) is 21.5 Å². The van der Waals surface area contributed by atoms with E-state index in [1.54, 1.807) is 72.9 Å². The highest BCUT2D eigenvalue weighted by Gasteiger charge is 2.12. The number of halogens is 1. The number of ether oxygens (including phenoxy) is 2. The van der Waals surface area contributed by atoms with Gasteiger partial charge in [0.2, 0.25) is 0 Å². The zero-order valence-corrected chi connectivity index (χ0v) is 20.1. The van der Waals surface area contributed by atoms with E-state index >= 15 is 0 Å². The summed E-state index contributed by atoms with van der Waals surface area (Å²) in [7, 11) is 1.34. The topological polar surface area (TPSA) is 101 Å². The van der Waals surface area contributed by atoms with Gasteiger partial charge in [-0.1, -0.05) is 30.3 Å². The van der Waals surface area contributed by atoms with E-state index in [0.29, 0.717) is 29.2 Å². The molecule has 1 aromatic heterocycles. The summed E-state index contributed by atoms with van der Waals surface area (Å²) in [5, 5.41) is 13.1. The van der Waals surface area contributed by atoms with Crippen LogP contribution >= 0.6 is 12.4 Å². The van der Waals surface area contributed by atoms with Gasteiger partial charge in [0.1, 0.15) is 24.0 Å². The number of hydrogen-bond acceptors (Lipinski definition) is 6. The third-order valence-electron chi connectivity index (χ3n) is 5.23. The predicted molar refractivity (Wildman–Crippen MR) is 140 cm³/mol. The van der Waals surface area contributed by atoms with Gasteiger partial charge in [0.15, 0.2) is 0 Å². The molecule has 0 aliphatic carbocycles. The first-order chi connectivity index (χ1) is 17.1. The largest absolute Gasteiger partial charge is 0.489 e. The average molecular weight is 500 g/mol. The van der Waals surface area contributed by atoms with Gasteiger partial charge in [-0.25, -0.2) is 4.79 Å². The number of nitriles is 1. The van der Waals surface area contributed by atoms with Gasteiger partial charge in [0.25, 0.3) is 5.91 Å². The molecular weight excluding hydrogens is 478 g/mol. The summed E-state index contributed by atoms with van der Waals surface area (Å²) >= 11 is 0. The third-order valence-corrected chi connectivity index (χ3v) is 5.23. The summed E-state index contributed by atoms with van der Waals surface area (Å²) in [5.74, 6) is -0.259. The first-order valence-corrected chi connectivity index (χ1v) is 10.7. The van der Waals surface area contributed by atoms with Crippen molar-refractivity contribution < 1.29 is 19.1 Å². The number of anilines is 1. The van der Waals surface area contributed by atoms with E-state index < -0.39 is 5.91 Å². The van der Waals surface area contributed by atoms with Crippen LogP contribution in [-0.2, 0) is 16.1 Å².